The number of carboxylic acid groups (broad SMARTS) is 1. The van der Waals surface area contributed by atoms with E-state index in [-0.39, 0.29) is 16.5 Å². The van der Waals surface area contributed by atoms with Gasteiger partial charge in [-0.2, -0.15) is 4.31 Å². The van der Waals surface area contributed by atoms with Crippen LogP contribution in [0.4, 0.5) is 0 Å². The van der Waals surface area contributed by atoms with E-state index in [1.807, 2.05) is 0 Å². The monoisotopic (exact) mass is 316 g/mol. The highest BCUT2D eigenvalue weighted by molar-refractivity contribution is 7.89. The summed E-state index contributed by atoms with van der Waals surface area (Å²) >= 11 is 0. The number of rotatable bonds is 6. The number of hydrogen-bond donors (Lipinski definition) is 1. The Bertz CT molecular complexity index is 623. The summed E-state index contributed by atoms with van der Waals surface area (Å²) < 4.78 is 33.0. The third kappa shape index (κ3) is 3.12. The van der Waals surface area contributed by atoms with Crippen LogP contribution in [0.15, 0.2) is 17.2 Å². The van der Waals surface area contributed by atoms with Gasteiger partial charge in [0.25, 0.3) is 0 Å². The smallest absolute Gasteiger partial charge is 0.352 e. The van der Waals surface area contributed by atoms with Gasteiger partial charge in [0.05, 0.1) is 6.61 Å². The summed E-state index contributed by atoms with van der Waals surface area (Å²) in [6.07, 6.45) is 2.15. The molecule has 1 fully saturated rings. The van der Waals surface area contributed by atoms with Crippen LogP contribution in [0.1, 0.15) is 23.8 Å². The lowest BCUT2D eigenvalue weighted by atomic mass is 10.1. The molecular weight excluding hydrogens is 296 g/mol. The number of carbonyl (C=O) groups is 1. The molecule has 0 spiro atoms. The van der Waals surface area contributed by atoms with Crippen LogP contribution < -0.4 is 0 Å². The Morgan fingerprint density at radius 2 is 2.24 bits per heavy atom. The van der Waals surface area contributed by atoms with Crippen LogP contribution in [-0.2, 0) is 21.3 Å². The van der Waals surface area contributed by atoms with E-state index in [0.29, 0.717) is 26.2 Å². The molecule has 1 saturated heterocycles. The van der Waals surface area contributed by atoms with Crippen molar-refractivity contribution in [3.8, 4) is 0 Å². The van der Waals surface area contributed by atoms with Crippen LogP contribution in [0.5, 0.6) is 0 Å². The molecule has 0 amide bonds. The third-order valence-corrected chi connectivity index (χ3v) is 5.55. The number of nitrogens with zero attached hydrogens (tertiary/aromatic N) is 2. The Balaban J connectivity index is 2.26. The highest BCUT2D eigenvalue weighted by atomic mass is 32.2. The van der Waals surface area contributed by atoms with E-state index >= 15 is 0 Å². The molecule has 1 N–H and O–H groups in total. The number of ether oxygens (including phenoxy) is 1. The topological polar surface area (TPSA) is 88.8 Å². The SMILES string of the molecule is CCn1cc(S(=O)(=O)N2CCC(COC)C2)cc1C(=O)O. The van der Waals surface area contributed by atoms with Gasteiger partial charge in [0.1, 0.15) is 10.6 Å². The van der Waals surface area contributed by atoms with Crippen LogP contribution in [0.3, 0.4) is 0 Å². The predicted molar refractivity (Wildman–Crippen MR) is 75.8 cm³/mol. The molecule has 8 heteroatoms. The molecule has 0 saturated carbocycles. The van der Waals surface area contributed by atoms with Crippen molar-refractivity contribution in [2.45, 2.75) is 24.8 Å². The molecule has 0 aliphatic carbocycles. The van der Waals surface area contributed by atoms with E-state index in [9.17, 15) is 13.2 Å². The fourth-order valence-electron chi connectivity index (χ4n) is 2.60. The zero-order chi connectivity index (χ0) is 15.6. The van der Waals surface area contributed by atoms with Crippen molar-refractivity contribution < 1.29 is 23.1 Å². The Hall–Kier alpha value is -1.38. The summed E-state index contributed by atoms with van der Waals surface area (Å²) in [6, 6.07) is 1.23. The Morgan fingerprint density at radius 3 is 2.76 bits per heavy atom. The van der Waals surface area contributed by atoms with E-state index in [1.54, 1.807) is 14.0 Å². The fraction of sp³-hybridized carbons (Fsp3) is 0.615. The van der Waals surface area contributed by atoms with Crippen molar-refractivity contribution in [2.24, 2.45) is 5.92 Å². The average molecular weight is 316 g/mol. The van der Waals surface area contributed by atoms with E-state index in [2.05, 4.69) is 0 Å². The van der Waals surface area contributed by atoms with Crippen LogP contribution in [0, 0.1) is 5.92 Å². The Labute approximate surface area is 124 Å². The second-order valence-electron chi connectivity index (χ2n) is 5.13. The lowest BCUT2D eigenvalue weighted by Gasteiger charge is -2.15. The number of methoxy groups -OCH3 is 1. The Kier molecular flexibility index (Phi) is 4.70. The van der Waals surface area contributed by atoms with Crippen LogP contribution >= 0.6 is 0 Å². The first-order valence-corrected chi connectivity index (χ1v) is 8.26. The van der Waals surface area contributed by atoms with E-state index < -0.39 is 16.0 Å². The quantitative estimate of drug-likeness (QED) is 0.841. The average Bonchev–Trinajstić information content (AvgIpc) is 3.05. The first kappa shape index (κ1) is 16.0. The molecule has 1 aromatic heterocycles. The molecule has 2 rings (SSSR count). The summed E-state index contributed by atoms with van der Waals surface area (Å²) in [5.41, 5.74) is -0.0105. The fourth-order valence-corrected chi connectivity index (χ4v) is 4.17. The van der Waals surface area contributed by atoms with Crippen molar-refractivity contribution >= 4 is 16.0 Å². The number of carboxylic acids is 1. The molecule has 1 aliphatic heterocycles. The first-order valence-electron chi connectivity index (χ1n) is 6.82. The summed E-state index contributed by atoms with van der Waals surface area (Å²) in [5.74, 6) is -0.936. The van der Waals surface area contributed by atoms with Gasteiger partial charge in [0.15, 0.2) is 0 Å². The highest BCUT2D eigenvalue weighted by Gasteiger charge is 2.33. The summed E-state index contributed by atoms with van der Waals surface area (Å²) in [6.45, 7) is 3.56. The van der Waals surface area contributed by atoms with Crippen molar-refractivity contribution in [1.29, 1.82) is 0 Å². The zero-order valence-corrected chi connectivity index (χ0v) is 13.0. The molecule has 1 aromatic rings. The standard InChI is InChI=1S/C13H20N2O5S/c1-3-14-8-11(6-12(14)13(16)17)21(18,19)15-5-4-10(7-15)9-20-2/h6,8,10H,3-5,7,9H2,1-2H3,(H,16,17). The molecule has 0 radical (unpaired) electrons. The normalized spacial score (nSPS) is 20.0. The zero-order valence-electron chi connectivity index (χ0n) is 12.2. The number of hydrogen-bond acceptors (Lipinski definition) is 4. The minimum atomic E-state index is -3.64. The molecule has 0 bridgehead atoms. The molecule has 1 aliphatic rings. The van der Waals surface area contributed by atoms with E-state index in [0.717, 1.165) is 6.42 Å². The summed E-state index contributed by atoms with van der Waals surface area (Å²) in [4.78, 5) is 11.2. The first-order chi connectivity index (χ1) is 9.90. The van der Waals surface area contributed by atoms with Crippen molar-refractivity contribution in [3.05, 3.63) is 18.0 Å². The maximum absolute atomic E-state index is 12.6. The number of aromatic carboxylic acids is 1. The highest BCUT2D eigenvalue weighted by Crippen LogP contribution is 2.25. The van der Waals surface area contributed by atoms with Gasteiger partial charge >= 0.3 is 5.97 Å². The molecule has 1 unspecified atom stereocenters. The largest absolute Gasteiger partial charge is 0.477 e. The minimum Gasteiger partial charge on any atom is -0.477 e. The van der Waals surface area contributed by atoms with Gasteiger partial charge < -0.3 is 14.4 Å². The van der Waals surface area contributed by atoms with Gasteiger partial charge in [0.2, 0.25) is 10.0 Å². The van der Waals surface area contributed by atoms with Gasteiger partial charge in [-0.15, -0.1) is 0 Å². The second kappa shape index (κ2) is 6.17. The molecule has 0 aromatic carbocycles. The predicted octanol–water partition coefficient (Wildman–Crippen LogP) is 0.863. The van der Waals surface area contributed by atoms with E-state index in [1.165, 1.54) is 21.1 Å². The van der Waals surface area contributed by atoms with Crippen LogP contribution in [-0.4, -0.2) is 55.2 Å². The summed E-state index contributed by atoms with van der Waals surface area (Å²) in [5, 5.41) is 9.11. The molecule has 1 atom stereocenters. The minimum absolute atomic E-state index is 0.0105. The molecule has 7 nitrogen and oxygen atoms in total. The molecule has 2 heterocycles. The van der Waals surface area contributed by atoms with Crippen molar-refractivity contribution in [3.63, 3.8) is 0 Å². The lowest BCUT2D eigenvalue weighted by molar-refractivity contribution is 0.0685. The van der Waals surface area contributed by atoms with E-state index in [4.69, 9.17) is 9.84 Å². The second-order valence-corrected chi connectivity index (χ2v) is 7.06. The number of aromatic nitrogens is 1. The maximum atomic E-state index is 12.6. The van der Waals surface area contributed by atoms with Crippen molar-refractivity contribution in [1.82, 2.24) is 8.87 Å². The molecular formula is C13H20N2O5S. The van der Waals surface area contributed by atoms with Crippen molar-refractivity contribution in [2.75, 3.05) is 26.8 Å². The van der Waals surface area contributed by atoms with Crippen LogP contribution in [0.2, 0.25) is 0 Å². The van der Waals surface area contributed by atoms with Gasteiger partial charge in [-0.1, -0.05) is 0 Å². The summed E-state index contributed by atoms with van der Waals surface area (Å²) in [7, 11) is -2.05. The van der Waals surface area contributed by atoms with Crippen LogP contribution in [0.25, 0.3) is 0 Å². The Morgan fingerprint density at radius 1 is 1.52 bits per heavy atom. The number of aryl methyl sites for hydroxylation is 1. The molecule has 118 valence electrons. The van der Waals surface area contributed by atoms with Gasteiger partial charge in [-0.05, 0) is 25.3 Å². The van der Waals surface area contributed by atoms with Gasteiger partial charge in [-0.3, -0.25) is 0 Å². The number of sulfonamides is 1. The van der Waals surface area contributed by atoms with Gasteiger partial charge in [0, 0.05) is 32.9 Å². The third-order valence-electron chi connectivity index (χ3n) is 3.72. The maximum Gasteiger partial charge on any atom is 0.352 e. The lowest BCUT2D eigenvalue weighted by Crippen LogP contribution is -2.29. The molecule has 21 heavy (non-hydrogen) atoms. The van der Waals surface area contributed by atoms with Gasteiger partial charge in [-0.25, -0.2) is 13.2 Å².